The molecule has 2 aromatic rings. The van der Waals surface area contributed by atoms with Crippen LogP contribution in [0, 0.1) is 11.7 Å². The van der Waals surface area contributed by atoms with Crippen molar-refractivity contribution in [2.45, 2.75) is 32.0 Å². The van der Waals surface area contributed by atoms with Crippen molar-refractivity contribution in [3.63, 3.8) is 0 Å². The first kappa shape index (κ1) is 23.2. The second-order valence-corrected chi connectivity index (χ2v) is 7.26. The molecule has 1 aliphatic rings. The Balaban J connectivity index is 0.00000300. The van der Waals surface area contributed by atoms with E-state index in [0.717, 1.165) is 37.1 Å². The van der Waals surface area contributed by atoms with Crippen LogP contribution in [-0.4, -0.2) is 29.9 Å². The van der Waals surface area contributed by atoms with Gasteiger partial charge in [0.05, 0.1) is 11.1 Å². The molecule has 0 spiro atoms. The van der Waals surface area contributed by atoms with Crippen LogP contribution in [0.15, 0.2) is 42.5 Å². The van der Waals surface area contributed by atoms with Gasteiger partial charge < -0.3 is 10.6 Å². The minimum Gasteiger partial charge on any atom is -0.339 e. The van der Waals surface area contributed by atoms with Crippen molar-refractivity contribution < 1.29 is 22.4 Å². The standard InChI is InChI=1S/C21H22F4N2O.ClH/c1-13(26)14-7-9-27(10-8-14)20(28)19-12-17(22)5-6-18(19)15-3-2-4-16(11-15)21(23,24)25;/h2-6,11-14H,7-10,26H2,1H3;1H. The normalized spacial score (nSPS) is 16.3. The van der Waals surface area contributed by atoms with Gasteiger partial charge in [0.15, 0.2) is 0 Å². The maximum absolute atomic E-state index is 13.9. The van der Waals surface area contributed by atoms with E-state index in [1.54, 1.807) is 4.90 Å². The molecule has 0 bridgehead atoms. The number of carbonyl (C=O) groups is 1. The minimum absolute atomic E-state index is 0. The van der Waals surface area contributed by atoms with Crippen LogP contribution in [0.3, 0.4) is 0 Å². The van der Waals surface area contributed by atoms with E-state index in [1.807, 2.05) is 6.92 Å². The number of nitrogens with two attached hydrogens (primary N) is 1. The van der Waals surface area contributed by atoms with E-state index < -0.39 is 17.6 Å². The number of alkyl halides is 3. The van der Waals surface area contributed by atoms with Crippen molar-refractivity contribution in [1.82, 2.24) is 4.90 Å². The Morgan fingerprint density at radius 2 is 1.79 bits per heavy atom. The number of likely N-dealkylation sites (tertiary alicyclic amines) is 1. The molecule has 1 amide bonds. The highest BCUT2D eigenvalue weighted by atomic mass is 35.5. The summed E-state index contributed by atoms with van der Waals surface area (Å²) in [5.74, 6) is -0.668. The molecule has 1 atom stereocenters. The van der Waals surface area contributed by atoms with Crippen LogP contribution in [-0.2, 0) is 6.18 Å². The van der Waals surface area contributed by atoms with Gasteiger partial charge in [-0.2, -0.15) is 13.2 Å². The number of carbonyl (C=O) groups excluding carboxylic acids is 1. The number of piperidine rings is 1. The Bertz CT molecular complexity index is 862. The van der Waals surface area contributed by atoms with E-state index in [2.05, 4.69) is 0 Å². The van der Waals surface area contributed by atoms with E-state index in [9.17, 15) is 22.4 Å². The third-order valence-electron chi connectivity index (χ3n) is 5.28. The number of benzene rings is 2. The highest BCUT2D eigenvalue weighted by Crippen LogP contribution is 2.34. The van der Waals surface area contributed by atoms with Crippen LogP contribution in [0.2, 0.25) is 0 Å². The van der Waals surface area contributed by atoms with Crippen molar-refractivity contribution in [1.29, 1.82) is 0 Å². The first-order valence-corrected chi connectivity index (χ1v) is 9.19. The van der Waals surface area contributed by atoms with Crippen molar-refractivity contribution in [3.8, 4) is 11.1 Å². The summed E-state index contributed by atoms with van der Waals surface area (Å²) in [5, 5.41) is 0. The van der Waals surface area contributed by atoms with Gasteiger partial charge in [0.2, 0.25) is 0 Å². The summed E-state index contributed by atoms with van der Waals surface area (Å²) in [6.07, 6.45) is -3.00. The maximum Gasteiger partial charge on any atom is 0.416 e. The molecule has 0 saturated carbocycles. The lowest BCUT2D eigenvalue weighted by Gasteiger charge is -2.34. The fraction of sp³-hybridized carbons (Fsp3) is 0.381. The van der Waals surface area contributed by atoms with Crippen LogP contribution in [0.5, 0.6) is 0 Å². The Morgan fingerprint density at radius 3 is 2.38 bits per heavy atom. The van der Waals surface area contributed by atoms with E-state index >= 15 is 0 Å². The highest BCUT2D eigenvalue weighted by molar-refractivity contribution is 6.01. The number of nitrogens with zero attached hydrogens (tertiary/aromatic N) is 1. The van der Waals surface area contributed by atoms with Gasteiger partial charge in [-0.25, -0.2) is 4.39 Å². The topological polar surface area (TPSA) is 46.3 Å². The third kappa shape index (κ3) is 5.28. The summed E-state index contributed by atoms with van der Waals surface area (Å²) < 4.78 is 53.0. The SMILES string of the molecule is CC(N)C1CCN(C(=O)c2cc(F)ccc2-c2cccc(C(F)(F)F)c2)CC1.Cl. The lowest BCUT2D eigenvalue weighted by Crippen LogP contribution is -2.42. The fourth-order valence-corrected chi connectivity index (χ4v) is 3.61. The molecule has 0 aliphatic carbocycles. The summed E-state index contributed by atoms with van der Waals surface area (Å²) in [7, 11) is 0. The zero-order chi connectivity index (χ0) is 20.5. The van der Waals surface area contributed by atoms with Crippen LogP contribution < -0.4 is 5.73 Å². The summed E-state index contributed by atoms with van der Waals surface area (Å²) in [5.41, 5.74) is 5.69. The van der Waals surface area contributed by atoms with Crippen LogP contribution >= 0.6 is 12.4 Å². The quantitative estimate of drug-likeness (QED) is 0.686. The molecule has 29 heavy (non-hydrogen) atoms. The van der Waals surface area contributed by atoms with Crippen LogP contribution in [0.25, 0.3) is 11.1 Å². The number of halogens is 5. The molecule has 3 rings (SSSR count). The minimum atomic E-state index is -4.50. The molecule has 2 aromatic carbocycles. The van der Waals surface area contributed by atoms with Gasteiger partial charge in [-0.15, -0.1) is 12.4 Å². The van der Waals surface area contributed by atoms with E-state index in [0.29, 0.717) is 19.0 Å². The first-order valence-electron chi connectivity index (χ1n) is 9.19. The van der Waals surface area contributed by atoms with Crippen molar-refractivity contribution in [2.75, 3.05) is 13.1 Å². The zero-order valence-electron chi connectivity index (χ0n) is 15.9. The Labute approximate surface area is 173 Å². The summed E-state index contributed by atoms with van der Waals surface area (Å²) in [6.45, 7) is 2.91. The maximum atomic E-state index is 13.9. The molecule has 1 fully saturated rings. The lowest BCUT2D eigenvalue weighted by atomic mass is 9.90. The van der Waals surface area contributed by atoms with Crippen molar-refractivity contribution >= 4 is 18.3 Å². The van der Waals surface area contributed by atoms with Crippen molar-refractivity contribution in [3.05, 3.63) is 59.4 Å². The smallest absolute Gasteiger partial charge is 0.339 e. The molecular weight excluding hydrogens is 408 g/mol. The predicted octanol–water partition coefficient (Wildman–Crippen LogP) is 5.13. The average molecular weight is 431 g/mol. The average Bonchev–Trinajstić information content (AvgIpc) is 2.67. The second-order valence-electron chi connectivity index (χ2n) is 7.26. The largest absolute Gasteiger partial charge is 0.416 e. The van der Waals surface area contributed by atoms with Gasteiger partial charge >= 0.3 is 6.18 Å². The number of amides is 1. The number of rotatable bonds is 3. The second kappa shape index (κ2) is 9.13. The molecule has 0 radical (unpaired) electrons. The molecule has 0 aromatic heterocycles. The van der Waals surface area contributed by atoms with E-state index in [1.165, 1.54) is 18.2 Å². The van der Waals surface area contributed by atoms with Gasteiger partial charge in [0.25, 0.3) is 5.91 Å². The molecule has 1 aliphatic heterocycles. The fourth-order valence-electron chi connectivity index (χ4n) is 3.61. The van der Waals surface area contributed by atoms with Crippen LogP contribution in [0.1, 0.15) is 35.7 Å². The molecule has 1 saturated heterocycles. The molecule has 1 heterocycles. The molecule has 3 nitrogen and oxygen atoms in total. The summed E-state index contributed by atoms with van der Waals surface area (Å²) in [6, 6.07) is 8.34. The highest BCUT2D eigenvalue weighted by Gasteiger charge is 2.31. The number of hydrogen-bond donors (Lipinski definition) is 1. The number of hydrogen-bond acceptors (Lipinski definition) is 2. The Kier molecular flexibility index (Phi) is 7.30. The summed E-state index contributed by atoms with van der Waals surface area (Å²) >= 11 is 0. The zero-order valence-corrected chi connectivity index (χ0v) is 16.7. The van der Waals surface area contributed by atoms with Gasteiger partial charge in [-0.3, -0.25) is 4.79 Å². The molecule has 158 valence electrons. The predicted molar refractivity (Wildman–Crippen MR) is 106 cm³/mol. The Morgan fingerprint density at radius 1 is 1.14 bits per heavy atom. The van der Waals surface area contributed by atoms with Gasteiger partial charge in [0.1, 0.15) is 5.82 Å². The van der Waals surface area contributed by atoms with Crippen molar-refractivity contribution in [2.24, 2.45) is 11.7 Å². The van der Waals surface area contributed by atoms with E-state index in [4.69, 9.17) is 5.73 Å². The van der Waals surface area contributed by atoms with Gasteiger partial charge in [-0.05, 0) is 61.1 Å². The molecule has 2 N–H and O–H groups in total. The third-order valence-corrected chi connectivity index (χ3v) is 5.28. The lowest BCUT2D eigenvalue weighted by molar-refractivity contribution is -0.137. The first-order chi connectivity index (χ1) is 13.2. The Hall–Kier alpha value is -2.12. The molecule has 8 heteroatoms. The summed E-state index contributed by atoms with van der Waals surface area (Å²) in [4.78, 5) is 14.6. The van der Waals surface area contributed by atoms with Crippen LogP contribution in [0.4, 0.5) is 17.6 Å². The van der Waals surface area contributed by atoms with Gasteiger partial charge in [0, 0.05) is 19.1 Å². The molecule has 1 unspecified atom stereocenters. The van der Waals surface area contributed by atoms with Gasteiger partial charge in [-0.1, -0.05) is 18.2 Å². The van der Waals surface area contributed by atoms with E-state index in [-0.39, 0.29) is 41.0 Å². The molecular formula is C21H23ClF4N2O. The monoisotopic (exact) mass is 430 g/mol.